The van der Waals surface area contributed by atoms with E-state index in [-0.39, 0.29) is 0 Å². The van der Waals surface area contributed by atoms with Crippen LogP contribution in [0.25, 0.3) is 5.69 Å². The Labute approximate surface area is 127 Å². The van der Waals surface area contributed by atoms with E-state index in [4.69, 9.17) is 5.73 Å². The summed E-state index contributed by atoms with van der Waals surface area (Å²) in [6.45, 7) is 1.91. The predicted molar refractivity (Wildman–Crippen MR) is 84.3 cm³/mol. The zero-order chi connectivity index (χ0) is 14.7. The standard InChI is InChI=1S/C15H15N5S/c1-11-9-14(16)18-15(17-11)21-10-12-7-8-20(19-12)13-5-3-2-4-6-13/h2-9H,10H2,1H3,(H2,16,17,18). The second-order valence-corrected chi connectivity index (χ2v) is 5.54. The van der Waals surface area contributed by atoms with Crippen molar-refractivity contribution in [1.29, 1.82) is 0 Å². The molecule has 0 unspecified atom stereocenters. The van der Waals surface area contributed by atoms with Crippen molar-refractivity contribution in [3.63, 3.8) is 0 Å². The van der Waals surface area contributed by atoms with Crippen LogP contribution in [0, 0.1) is 6.92 Å². The molecule has 0 aliphatic rings. The van der Waals surface area contributed by atoms with Gasteiger partial charge in [0, 0.05) is 23.7 Å². The minimum atomic E-state index is 0.500. The quantitative estimate of drug-likeness (QED) is 0.592. The SMILES string of the molecule is Cc1cc(N)nc(SCc2ccn(-c3ccccc3)n2)n1. The fraction of sp³-hybridized carbons (Fsp3) is 0.133. The summed E-state index contributed by atoms with van der Waals surface area (Å²) in [6, 6.07) is 13.8. The van der Waals surface area contributed by atoms with Crippen LogP contribution in [0.3, 0.4) is 0 Å². The van der Waals surface area contributed by atoms with Gasteiger partial charge in [0.2, 0.25) is 0 Å². The van der Waals surface area contributed by atoms with Gasteiger partial charge in [-0.25, -0.2) is 14.6 Å². The van der Waals surface area contributed by atoms with Crippen molar-refractivity contribution >= 4 is 17.6 Å². The zero-order valence-electron chi connectivity index (χ0n) is 11.6. The molecular weight excluding hydrogens is 282 g/mol. The molecule has 6 heteroatoms. The first-order chi connectivity index (χ1) is 10.2. The molecule has 0 amide bonds. The summed E-state index contributed by atoms with van der Waals surface area (Å²) in [5, 5.41) is 5.23. The van der Waals surface area contributed by atoms with E-state index >= 15 is 0 Å². The highest BCUT2D eigenvalue weighted by Gasteiger charge is 2.05. The summed E-state index contributed by atoms with van der Waals surface area (Å²) in [5.41, 5.74) is 8.62. The van der Waals surface area contributed by atoms with E-state index in [1.165, 1.54) is 11.8 Å². The molecule has 1 aromatic carbocycles. The normalized spacial score (nSPS) is 10.7. The van der Waals surface area contributed by atoms with Crippen LogP contribution >= 0.6 is 11.8 Å². The smallest absolute Gasteiger partial charge is 0.190 e. The second kappa shape index (κ2) is 5.97. The molecule has 0 spiro atoms. The molecule has 106 valence electrons. The van der Waals surface area contributed by atoms with Crippen LogP contribution in [0.15, 0.2) is 53.8 Å². The van der Waals surface area contributed by atoms with Gasteiger partial charge in [0.25, 0.3) is 0 Å². The summed E-state index contributed by atoms with van der Waals surface area (Å²) in [6.07, 6.45) is 1.96. The molecule has 5 nitrogen and oxygen atoms in total. The Kier molecular flexibility index (Phi) is 3.87. The number of hydrogen-bond donors (Lipinski definition) is 1. The molecule has 0 aliphatic heterocycles. The maximum Gasteiger partial charge on any atom is 0.190 e. The Morgan fingerprint density at radius 3 is 2.71 bits per heavy atom. The number of benzene rings is 1. The molecule has 0 fully saturated rings. The van der Waals surface area contributed by atoms with Crippen molar-refractivity contribution in [2.75, 3.05) is 5.73 Å². The van der Waals surface area contributed by atoms with Gasteiger partial charge in [-0.05, 0) is 25.1 Å². The van der Waals surface area contributed by atoms with Crippen molar-refractivity contribution in [3.05, 3.63) is 60.0 Å². The Hall–Kier alpha value is -2.34. The zero-order valence-corrected chi connectivity index (χ0v) is 12.4. The topological polar surface area (TPSA) is 69.6 Å². The first-order valence-corrected chi connectivity index (χ1v) is 7.53. The van der Waals surface area contributed by atoms with Crippen molar-refractivity contribution < 1.29 is 0 Å². The van der Waals surface area contributed by atoms with Crippen molar-refractivity contribution in [2.45, 2.75) is 17.8 Å². The van der Waals surface area contributed by atoms with Crippen molar-refractivity contribution in [1.82, 2.24) is 19.7 Å². The maximum absolute atomic E-state index is 5.72. The Morgan fingerprint density at radius 2 is 1.95 bits per heavy atom. The van der Waals surface area contributed by atoms with Crippen LogP contribution in [0.2, 0.25) is 0 Å². The lowest BCUT2D eigenvalue weighted by molar-refractivity contribution is 0.858. The van der Waals surface area contributed by atoms with Crippen molar-refractivity contribution in [2.24, 2.45) is 0 Å². The molecule has 21 heavy (non-hydrogen) atoms. The average molecular weight is 297 g/mol. The lowest BCUT2D eigenvalue weighted by atomic mass is 10.3. The fourth-order valence-corrected chi connectivity index (χ4v) is 2.74. The van der Waals surface area contributed by atoms with Gasteiger partial charge in [0.1, 0.15) is 5.82 Å². The Morgan fingerprint density at radius 1 is 1.14 bits per heavy atom. The van der Waals surface area contributed by atoms with Gasteiger partial charge in [0.15, 0.2) is 5.16 Å². The molecule has 0 saturated carbocycles. The average Bonchev–Trinajstić information content (AvgIpc) is 2.94. The van der Waals surface area contributed by atoms with Crippen LogP contribution in [-0.4, -0.2) is 19.7 Å². The Balaban J connectivity index is 1.70. The molecule has 3 aromatic rings. The minimum Gasteiger partial charge on any atom is -0.384 e. The third-order valence-electron chi connectivity index (χ3n) is 2.87. The van der Waals surface area contributed by atoms with E-state index in [1.54, 1.807) is 6.07 Å². The number of nitrogen functional groups attached to an aromatic ring is 1. The van der Waals surface area contributed by atoms with Gasteiger partial charge in [-0.1, -0.05) is 30.0 Å². The third kappa shape index (κ3) is 3.41. The lowest BCUT2D eigenvalue weighted by Gasteiger charge is -2.02. The number of nitrogens with zero attached hydrogens (tertiary/aromatic N) is 4. The number of hydrogen-bond acceptors (Lipinski definition) is 5. The van der Waals surface area contributed by atoms with Gasteiger partial charge in [-0.2, -0.15) is 5.10 Å². The number of nitrogens with two attached hydrogens (primary N) is 1. The first kappa shape index (κ1) is 13.6. The monoisotopic (exact) mass is 297 g/mol. The van der Waals surface area contributed by atoms with Crippen LogP contribution in [0.1, 0.15) is 11.4 Å². The summed E-state index contributed by atoms with van der Waals surface area (Å²) < 4.78 is 1.86. The summed E-state index contributed by atoms with van der Waals surface area (Å²) in [7, 11) is 0. The number of rotatable bonds is 4. The number of thioether (sulfide) groups is 1. The molecule has 2 N–H and O–H groups in total. The van der Waals surface area contributed by atoms with E-state index in [1.807, 2.05) is 54.2 Å². The predicted octanol–water partition coefficient (Wildman–Crippen LogP) is 2.85. The van der Waals surface area contributed by atoms with Gasteiger partial charge >= 0.3 is 0 Å². The molecule has 0 bridgehead atoms. The van der Waals surface area contributed by atoms with Gasteiger partial charge in [-0.3, -0.25) is 0 Å². The van der Waals surface area contributed by atoms with Gasteiger partial charge < -0.3 is 5.73 Å². The maximum atomic E-state index is 5.72. The van der Waals surface area contributed by atoms with E-state index < -0.39 is 0 Å². The molecule has 0 aliphatic carbocycles. The van der Waals surface area contributed by atoms with Gasteiger partial charge in [0.05, 0.1) is 11.4 Å². The summed E-state index contributed by atoms with van der Waals surface area (Å²) in [4.78, 5) is 8.56. The van der Waals surface area contributed by atoms with Gasteiger partial charge in [-0.15, -0.1) is 0 Å². The van der Waals surface area contributed by atoms with Crippen LogP contribution < -0.4 is 5.73 Å². The minimum absolute atomic E-state index is 0.500. The molecule has 2 heterocycles. The number of aryl methyl sites for hydroxylation is 1. The molecule has 2 aromatic heterocycles. The van der Waals surface area contributed by atoms with Crippen LogP contribution in [-0.2, 0) is 5.75 Å². The molecular formula is C15H15N5S. The molecule has 0 atom stereocenters. The number of para-hydroxylation sites is 1. The third-order valence-corrected chi connectivity index (χ3v) is 3.75. The lowest BCUT2D eigenvalue weighted by Crippen LogP contribution is -1.97. The molecule has 3 rings (SSSR count). The van der Waals surface area contributed by atoms with Crippen LogP contribution in [0.4, 0.5) is 5.82 Å². The number of anilines is 1. The Bertz CT molecular complexity index is 719. The van der Waals surface area contributed by atoms with Crippen molar-refractivity contribution in [3.8, 4) is 5.69 Å². The van der Waals surface area contributed by atoms with E-state index in [0.717, 1.165) is 17.1 Å². The summed E-state index contributed by atoms with van der Waals surface area (Å²) >= 11 is 1.53. The highest BCUT2D eigenvalue weighted by atomic mass is 32.2. The highest BCUT2D eigenvalue weighted by molar-refractivity contribution is 7.98. The number of aromatic nitrogens is 4. The fourth-order valence-electron chi connectivity index (χ4n) is 1.93. The summed E-state index contributed by atoms with van der Waals surface area (Å²) in [5.74, 6) is 1.21. The second-order valence-electron chi connectivity index (χ2n) is 4.59. The first-order valence-electron chi connectivity index (χ1n) is 6.54. The molecule has 0 radical (unpaired) electrons. The highest BCUT2D eigenvalue weighted by Crippen LogP contribution is 2.20. The largest absolute Gasteiger partial charge is 0.384 e. The van der Waals surface area contributed by atoms with E-state index in [9.17, 15) is 0 Å². The van der Waals surface area contributed by atoms with E-state index in [0.29, 0.717) is 16.7 Å². The molecule has 0 saturated heterocycles. The van der Waals surface area contributed by atoms with Crippen LogP contribution in [0.5, 0.6) is 0 Å². The van der Waals surface area contributed by atoms with E-state index in [2.05, 4.69) is 15.1 Å².